The first kappa shape index (κ1) is 16.7. The van der Waals surface area contributed by atoms with Crippen molar-refractivity contribution in [3.05, 3.63) is 20.2 Å². The number of halogens is 2. The molecule has 0 radical (unpaired) electrons. The molecule has 0 aromatic carbocycles. The monoisotopic (exact) mass is 454 g/mol. The van der Waals surface area contributed by atoms with E-state index in [1.54, 1.807) is 0 Å². The summed E-state index contributed by atoms with van der Waals surface area (Å²) in [5.74, 6) is 2.64. The van der Waals surface area contributed by atoms with E-state index in [0.717, 1.165) is 15.1 Å². The first-order chi connectivity index (χ1) is 10.1. The quantitative estimate of drug-likeness (QED) is 0.423. The summed E-state index contributed by atoms with van der Waals surface area (Å²) < 4.78 is 1.07. The van der Waals surface area contributed by atoms with Gasteiger partial charge >= 0.3 is 0 Å². The molecular weight excluding hydrogens is 435 g/mol. The lowest BCUT2D eigenvalue weighted by Gasteiger charge is -2.30. The van der Waals surface area contributed by atoms with E-state index in [4.69, 9.17) is 16.6 Å². The number of thioether (sulfide) groups is 2. The van der Waals surface area contributed by atoms with Gasteiger partial charge in [-0.2, -0.15) is 11.8 Å². The molecule has 6 heteroatoms. The summed E-state index contributed by atoms with van der Waals surface area (Å²) >= 11 is 12.8. The minimum absolute atomic E-state index is 0.385. The number of hydrogen-bond donors (Lipinski definition) is 0. The molecule has 2 fully saturated rings. The van der Waals surface area contributed by atoms with Crippen molar-refractivity contribution in [2.24, 2.45) is 0 Å². The Morgan fingerprint density at radius 1 is 1.14 bits per heavy atom. The molecule has 0 spiro atoms. The molecule has 0 bridgehead atoms. The number of aromatic nitrogens is 2. The average Bonchev–Trinajstić information content (AvgIpc) is 2.98. The largest absolute Gasteiger partial charge is 0.235 e. The van der Waals surface area contributed by atoms with Crippen LogP contribution in [0.25, 0.3) is 0 Å². The zero-order valence-corrected chi connectivity index (χ0v) is 16.9. The standard InChI is InChI=1S/C15H20ClIN2S2/c1-8-9(2)21-11(7-20-8)15-18-13(10-5-3-4-6-10)12(17)14(16)19-15/h8-11H,3-7H2,1-2H3. The number of rotatable bonds is 2. The highest BCUT2D eigenvalue weighted by atomic mass is 127. The molecule has 3 atom stereocenters. The first-order valence-electron chi connectivity index (χ1n) is 7.56. The summed E-state index contributed by atoms with van der Waals surface area (Å²) in [6, 6.07) is 0. The van der Waals surface area contributed by atoms with Crippen molar-refractivity contribution < 1.29 is 0 Å². The highest BCUT2D eigenvalue weighted by Gasteiger charge is 2.31. The van der Waals surface area contributed by atoms with E-state index >= 15 is 0 Å². The van der Waals surface area contributed by atoms with Crippen LogP contribution in [-0.2, 0) is 0 Å². The lowest BCUT2D eigenvalue weighted by atomic mass is 10.0. The van der Waals surface area contributed by atoms with Gasteiger partial charge in [0.05, 0.1) is 14.5 Å². The van der Waals surface area contributed by atoms with Crippen molar-refractivity contribution >= 4 is 57.7 Å². The average molecular weight is 455 g/mol. The molecule has 1 aromatic rings. The van der Waals surface area contributed by atoms with Crippen LogP contribution in [0.3, 0.4) is 0 Å². The molecule has 116 valence electrons. The summed E-state index contributed by atoms with van der Waals surface area (Å²) in [6.45, 7) is 4.62. The molecule has 21 heavy (non-hydrogen) atoms. The Morgan fingerprint density at radius 3 is 2.52 bits per heavy atom. The second-order valence-corrected chi connectivity index (χ2v) is 10.4. The van der Waals surface area contributed by atoms with Gasteiger partial charge in [0.25, 0.3) is 0 Å². The molecule has 1 saturated heterocycles. The van der Waals surface area contributed by atoms with Gasteiger partial charge in [0.1, 0.15) is 11.0 Å². The summed E-state index contributed by atoms with van der Waals surface area (Å²) in [6.07, 6.45) is 5.14. The van der Waals surface area contributed by atoms with Crippen LogP contribution in [0.5, 0.6) is 0 Å². The Bertz CT molecular complexity index is 523. The van der Waals surface area contributed by atoms with Gasteiger partial charge in [-0.05, 0) is 35.4 Å². The summed E-state index contributed by atoms with van der Waals surface area (Å²) in [4.78, 5) is 9.56. The topological polar surface area (TPSA) is 25.8 Å². The molecule has 0 amide bonds. The van der Waals surface area contributed by atoms with E-state index in [1.807, 2.05) is 23.5 Å². The van der Waals surface area contributed by atoms with Gasteiger partial charge in [-0.25, -0.2) is 9.97 Å². The third kappa shape index (κ3) is 3.66. The van der Waals surface area contributed by atoms with Crippen molar-refractivity contribution in [2.75, 3.05) is 5.75 Å². The minimum atomic E-state index is 0.385. The third-order valence-corrected chi connectivity index (χ3v) is 9.48. The van der Waals surface area contributed by atoms with Crippen LogP contribution in [0.2, 0.25) is 5.15 Å². The van der Waals surface area contributed by atoms with Gasteiger partial charge in [0.15, 0.2) is 0 Å². The molecule has 1 saturated carbocycles. The fraction of sp³-hybridized carbons (Fsp3) is 0.733. The normalized spacial score (nSPS) is 30.8. The van der Waals surface area contributed by atoms with Crippen LogP contribution >= 0.6 is 57.7 Å². The Morgan fingerprint density at radius 2 is 1.86 bits per heavy atom. The zero-order chi connectivity index (χ0) is 15.0. The number of hydrogen-bond acceptors (Lipinski definition) is 4. The molecule has 2 aliphatic rings. The SMILES string of the molecule is CC1SCC(c2nc(Cl)c(I)c(C3CCCC3)n2)SC1C. The number of nitrogens with zero attached hydrogens (tertiary/aromatic N) is 2. The Kier molecular flexibility index (Phi) is 5.66. The molecule has 2 heterocycles. The van der Waals surface area contributed by atoms with Crippen LogP contribution < -0.4 is 0 Å². The first-order valence-corrected chi connectivity index (χ1v) is 11.0. The van der Waals surface area contributed by atoms with Gasteiger partial charge in [-0.15, -0.1) is 11.8 Å². The molecule has 1 aliphatic heterocycles. The van der Waals surface area contributed by atoms with Crippen molar-refractivity contribution in [3.8, 4) is 0 Å². The van der Waals surface area contributed by atoms with Gasteiger partial charge in [0, 0.05) is 22.2 Å². The third-order valence-electron chi connectivity index (χ3n) is 4.43. The highest BCUT2D eigenvalue weighted by Crippen LogP contribution is 2.44. The van der Waals surface area contributed by atoms with Crippen LogP contribution in [0, 0.1) is 3.57 Å². The maximum atomic E-state index is 6.41. The Hall–Kier alpha value is 0.800. The summed E-state index contributed by atoms with van der Waals surface area (Å²) in [5, 5.41) is 2.39. The fourth-order valence-corrected chi connectivity index (χ4v) is 6.69. The molecule has 2 nitrogen and oxygen atoms in total. The predicted molar refractivity (Wildman–Crippen MR) is 103 cm³/mol. The maximum absolute atomic E-state index is 6.41. The predicted octanol–water partition coefficient (Wildman–Crippen LogP) is 5.69. The van der Waals surface area contributed by atoms with Crippen molar-refractivity contribution in [2.45, 2.75) is 61.2 Å². The molecular formula is C15H20ClIN2S2. The van der Waals surface area contributed by atoms with Crippen LogP contribution in [-0.4, -0.2) is 26.2 Å². The maximum Gasteiger partial charge on any atom is 0.146 e. The van der Waals surface area contributed by atoms with E-state index < -0.39 is 0 Å². The van der Waals surface area contributed by atoms with E-state index in [-0.39, 0.29) is 0 Å². The van der Waals surface area contributed by atoms with Crippen molar-refractivity contribution in [1.82, 2.24) is 9.97 Å². The zero-order valence-electron chi connectivity index (χ0n) is 12.3. The smallest absolute Gasteiger partial charge is 0.146 e. The van der Waals surface area contributed by atoms with E-state index in [1.165, 1.54) is 31.4 Å². The van der Waals surface area contributed by atoms with Crippen LogP contribution in [0.1, 0.15) is 62.2 Å². The van der Waals surface area contributed by atoms with Gasteiger partial charge in [-0.3, -0.25) is 0 Å². The minimum Gasteiger partial charge on any atom is -0.235 e. The van der Waals surface area contributed by atoms with Crippen molar-refractivity contribution in [3.63, 3.8) is 0 Å². The molecule has 3 unspecified atom stereocenters. The molecule has 0 N–H and O–H groups in total. The van der Waals surface area contributed by atoms with E-state index in [2.05, 4.69) is 41.4 Å². The Balaban J connectivity index is 1.88. The van der Waals surface area contributed by atoms with Gasteiger partial charge < -0.3 is 0 Å². The second-order valence-electron chi connectivity index (χ2n) is 5.92. The van der Waals surface area contributed by atoms with Crippen molar-refractivity contribution in [1.29, 1.82) is 0 Å². The van der Waals surface area contributed by atoms with Crippen LogP contribution in [0.15, 0.2) is 0 Å². The van der Waals surface area contributed by atoms with Gasteiger partial charge in [-0.1, -0.05) is 38.3 Å². The summed E-state index contributed by atoms with van der Waals surface area (Å²) in [7, 11) is 0. The summed E-state index contributed by atoms with van der Waals surface area (Å²) in [5.41, 5.74) is 1.21. The molecule has 1 aliphatic carbocycles. The van der Waals surface area contributed by atoms with E-state index in [0.29, 0.717) is 26.8 Å². The fourth-order valence-electron chi connectivity index (χ4n) is 2.99. The van der Waals surface area contributed by atoms with E-state index in [9.17, 15) is 0 Å². The second kappa shape index (κ2) is 7.14. The lowest BCUT2D eigenvalue weighted by Crippen LogP contribution is -2.23. The van der Waals surface area contributed by atoms with Crippen LogP contribution in [0.4, 0.5) is 0 Å². The molecule has 3 rings (SSSR count). The Labute approximate surface area is 154 Å². The highest BCUT2D eigenvalue weighted by molar-refractivity contribution is 14.1. The van der Waals surface area contributed by atoms with Gasteiger partial charge in [0.2, 0.25) is 0 Å². The lowest BCUT2D eigenvalue weighted by molar-refractivity contribution is 0.677. The molecule has 1 aromatic heterocycles.